The largest absolute Gasteiger partial charge is 0.494 e. The third-order valence-corrected chi connectivity index (χ3v) is 5.25. The highest BCUT2D eigenvalue weighted by Gasteiger charge is 2.01. The molecule has 0 amide bonds. The molecule has 0 aliphatic rings. The Balaban J connectivity index is 1.78. The van der Waals surface area contributed by atoms with Gasteiger partial charge in [0.15, 0.2) is 8.03 Å². The Morgan fingerprint density at radius 2 is 1.77 bits per heavy atom. The van der Waals surface area contributed by atoms with Crippen molar-refractivity contribution in [2.24, 2.45) is 0 Å². The molecule has 0 aliphatic heterocycles. The summed E-state index contributed by atoms with van der Waals surface area (Å²) in [6, 6.07) is 12.7. The van der Waals surface area contributed by atoms with Gasteiger partial charge in [-0.3, -0.25) is 4.57 Å². The zero-order chi connectivity index (χ0) is 18.6. The third kappa shape index (κ3) is 7.90. The number of nitrogens with one attached hydrogen (secondary N) is 1. The van der Waals surface area contributed by atoms with Crippen molar-refractivity contribution in [2.75, 3.05) is 19.3 Å². The van der Waals surface area contributed by atoms with Crippen LogP contribution in [0.2, 0.25) is 0 Å². The molecule has 0 spiro atoms. The van der Waals surface area contributed by atoms with E-state index in [1.807, 2.05) is 6.07 Å². The zero-order valence-electron chi connectivity index (χ0n) is 15.8. The molecule has 0 aliphatic carbocycles. The van der Waals surface area contributed by atoms with Crippen LogP contribution < -0.4 is 10.1 Å². The van der Waals surface area contributed by atoms with Gasteiger partial charge >= 0.3 is 0 Å². The van der Waals surface area contributed by atoms with Crippen LogP contribution in [0, 0.1) is 0 Å². The van der Waals surface area contributed by atoms with Gasteiger partial charge in [-0.1, -0.05) is 50.8 Å². The van der Waals surface area contributed by atoms with Crippen LogP contribution in [0.4, 0.5) is 0 Å². The van der Waals surface area contributed by atoms with Gasteiger partial charge in [0, 0.05) is 12.7 Å². The number of ether oxygens (including phenoxy) is 1. The first-order chi connectivity index (χ1) is 12.7. The summed E-state index contributed by atoms with van der Waals surface area (Å²) < 4.78 is 16.6. The van der Waals surface area contributed by atoms with Gasteiger partial charge < -0.3 is 14.9 Å². The second-order valence-corrected chi connectivity index (χ2v) is 8.07. The lowest BCUT2D eigenvalue weighted by Gasteiger charge is -2.09. The smallest absolute Gasteiger partial charge is 0.189 e. The summed E-state index contributed by atoms with van der Waals surface area (Å²) in [6.45, 7) is 4.56. The standard InChI is InChI=1S/C21H32NO3P/c1-2-3-4-5-6-13-25-21-11-10-19-15-18(8-9-20(19)16-21)17-22-12-7-14-26(23)24/h8-11,15-16,22,26H,2-7,12-14,17H2,1H3,(H,23,24). The fraction of sp³-hybridized carbons (Fsp3) is 0.524. The van der Waals surface area contributed by atoms with Crippen molar-refractivity contribution < 1.29 is 14.2 Å². The monoisotopic (exact) mass is 377 g/mol. The number of hydrogen-bond acceptors (Lipinski definition) is 3. The Bertz CT molecular complexity index is 690. The molecule has 1 unspecified atom stereocenters. The van der Waals surface area contributed by atoms with Gasteiger partial charge in [0.1, 0.15) is 5.75 Å². The fourth-order valence-corrected chi connectivity index (χ4v) is 3.45. The van der Waals surface area contributed by atoms with E-state index < -0.39 is 8.03 Å². The normalized spacial score (nSPS) is 12.4. The van der Waals surface area contributed by atoms with E-state index in [1.165, 1.54) is 42.0 Å². The fourth-order valence-electron chi connectivity index (χ4n) is 2.97. The maximum absolute atomic E-state index is 10.7. The molecule has 0 heterocycles. The predicted molar refractivity (Wildman–Crippen MR) is 111 cm³/mol. The molecule has 0 fully saturated rings. The van der Waals surface area contributed by atoms with Gasteiger partial charge in [-0.05, 0) is 53.9 Å². The molecule has 0 bridgehead atoms. The molecule has 2 rings (SSSR count). The minimum Gasteiger partial charge on any atom is -0.494 e. The van der Waals surface area contributed by atoms with Crippen molar-refractivity contribution >= 4 is 18.8 Å². The van der Waals surface area contributed by atoms with Crippen molar-refractivity contribution in [2.45, 2.75) is 52.0 Å². The maximum Gasteiger partial charge on any atom is 0.189 e. The molecule has 2 aromatic rings. The van der Waals surface area contributed by atoms with Gasteiger partial charge in [-0.25, -0.2) is 0 Å². The van der Waals surface area contributed by atoms with E-state index in [-0.39, 0.29) is 0 Å². The lowest BCUT2D eigenvalue weighted by atomic mass is 10.1. The van der Waals surface area contributed by atoms with Gasteiger partial charge in [-0.2, -0.15) is 0 Å². The molecule has 4 nitrogen and oxygen atoms in total. The summed E-state index contributed by atoms with van der Waals surface area (Å²) in [7, 11) is -2.33. The molecule has 1 atom stereocenters. The second kappa shape index (κ2) is 12.1. The summed E-state index contributed by atoms with van der Waals surface area (Å²) in [5.41, 5.74) is 1.22. The molecule has 0 radical (unpaired) electrons. The van der Waals surface area contributed by atoms with E-state index in [9.17, 15) is 4.57 Å². The second-order valence-electron chi connectivity index (χ2n) is 6.78. The van der Waals surface area contributed by atoms with Crippen LogP contribution >= 0.6 is 8.03 Å². The molecule has 144 valence electrons. The first-order valence-electron chi connectivity index (χ1n) is 9.77. The SMILES string of the molecule is CCCCCCCOc1ccc2cc(CNCCC[PH](=O)O)ccc2c1. The number of benzene rings is 2. The summed E-state index contributed by atoms with van der Waals surface area (Å²) in [5.74, 6) is 0.943. The first-order valence-corrected chi connectivity index (χ1v) is 11.3. The summed E-state index contributed by atoms with van der Waals surface area (Å²) in [6.07, 6.45) is 7.38. The minimum absolute atomic E-state index is 0.400. The Hall–Kier alpha value is -1.35. The molecule has 5 heteroatoms. The average Bonchev–Trinajstić information content (AvgIpc) is 2.64. The Kier molecular flexibility index (Phi) is 9.76. The lowest BCUT2D eigenvalue weighted by Crippen LogP contribution is -2.15. The van der Waals surface area contributed by atoms with Crippen molar-refractivity contribution in [3.8, 4) is 5.75 Å². The predicted octanol–water partition coefficient (Wildman–Crippen LogP) is 5.14. The van der Waals surface area contributed by atoms with Crippen LogP contribution in [-0.4, -0.2) is 24.2 Å². The van der Waals surface area contributed by atoms with Crippen LogP contribution in [-0.2, 0) is 11.1 Å². The summed E-state index contributed by atoms with van der Waals surface area (Å²) in [4.78, 5) is 8.82. The molecule has 26 heavy (non-hydrogen) atoms. The van der Waals surface area contributed by atoms with Crippen LogP contribution in [0.5, 0.6) is 5.75 Å². The number of hydrogen-bond donors (Lipinski definition) is 2. The molecule has 2 aromatic carbocycles. The zero-order valence-corrected chi connectivity index (χ0v) is 16.8. The van der Waals surface area contributed by atoms with Crippen LogP contribution in [0.3, 0.4) is 0 Å². The highest BCUT2D eigenvalue weighted by atomic mass is 31.1. The Morgan fingerprint density at radius 3 is 2.58 bits per heavy atom. The minimum atomic E-state index is -2.33. The molecule has 2 N–H and O–H groups in total. The van der Waals surface area contributed by atoms with Crippen molar-refractivity contribution in [1.29, 1.82) is 0 Å². The topological polar surface area (TPSA) is 58.6 Å². The van der Waals surface area contributed by atoms with E-state index >= 15 is 0 Å². The van der Waals surface area contributed by atoms with Crippen molar-refractivity contribution in [3.05, 3.63) is 42.0 Å². The Labute approximate surface area is 157 Å². The van der Waals surface area contributed by atoms with E-state index in [4.69, 9.17) is 9.63 Å². The van der Waals surface area contributed by atoms with Gasteiger partial charge in [0.25, 0.3) is 0 Å². The van der Waals surface area contributed by atoms with E-state index in [1.54, 1.807) is 0 Å². The van der Waals surface area contributed by atoms with Crippen molar-refractivity contribution in [3.63, 3.8) is 0 Å². The highest BCUT2D eigenvalue weighted by molar-refractivity contribution is 7.37. The van der Waals surface area contributed by atoms with Crippen LogP contribution in [0.15, 0.2) is 36.4 Å². The number of unbranched alkanes of at least 4 members (excludes halogenated alkanes) is 4. The molecule has 0 aromatic heterocycles. The highest BCUT2D eigenvalue weighted by Crippen LogP contribution is 2.22. The van der Waals surface area contributed by atoms with Gasteiger partial charge in [0.2, 0.25) is 0 Å². The lowest BCUT2D eigenvalue weighted by molar-refractivity contribution is 0.305. The van der Waals surface area contributed by atoms with E-state index in [2.05, 4.69) is 42.6 Å². The van der Waals surface area contributed by atoms with Gasteiger partial charge in [0.05, 0.1) is 6.61 Å². The Morgan fingerprint density at radius 1 is 1.00 bits per heavy atom. The first kappa shape index (κ1) is 21.0. The van der Waals surface area contributed by atoms with Crippen LogP contribution in [0.1, 0.15) is 51.0 Å². The summed E-state index contributed by atoms with van der Waals surface area (Å²) in [5, 5.41) is 5.72. The molecular weight excluding hydrogens is 345 g/mol. The van der Waals surface area contributed by atoms with E-state index in [0.717, 1.165) is 38.3 Å². The molecule has 0 saturated carbocycles. The number of rotatable bonds is 13. The van der Waals surface area contributed by atoms with Crippen LogP contribution in [0.25, 0.3) is 10.8 Å². The van der Waals surface area contributed by atoms with Gasteiger partial charge in [-0.15, -0.1) is 0 Å². The van der Waals surface area contributed by atoms with Crippen molar-refractivity contribution in [1.82, 2.24) is 5.32 Å². The molecular formula is C21H32NO3P. The quantitative estimate of drug-likeness (QED) is 0.375. The summed E-state index contributed by atoms with van der Waals surface area (Å²) >= 11 is 0. The maximum atomic E-state index is 10.7. The van der Waals surface area contributed by atoms with E-state index in [0.29, 0.717) is 6.16 Å². The number of fused-ring (bicyclic) bond motifs is 1. The third-order valence-electron chi connectivity index (χ3n) is 4.47. The average molecular weight is 377 g/mol. The molecule has 0 saturated heterocycles.